The summed E-state index contributed by atoms with van der Waals surface area (Å²) in [5.74, 6) is 5.36. The Balaban J connectivity index is 0.000000364. The molecule has 1 aromatic carbocycles. The molecular formula is C11H14O2S. The first-order valence-electron chi connectivity index (χ1n) is 4.11. The first kappa shape index (κ1) is 12.7. The molecular weight excluding hydrogens is 196 g/mol. The van der Waals surface area contributed by atoms with E-state index in [2.05, 4.69) is 11.8 Å². The van der Waals surface area contributed by atoms with Gasteiger partial charge in [-0.25, -0.2) is 8.42 Å². The van der Waals surface area contributed by atoms with Crippen molar-refractivity contribution in [1.29, 1.82) is 0 Å². The number of sulfone groups is 1. The third-order valence-electron chi connectivity index (χ3n) is 1.42. The van der Waals surface area contributed by atoms with Crippen molar-refractivity contribution in [3.05, 3.63) is 30.3 Å². The van der Waals surface area contributed by atoms with Gasteiger partial charge in [-0.15, -0.1) is 11.8 Å². The summed E-state index contributed by atoms with van der Waals surface area (Å²) in [7, 11) is -3.00. The lowest BCUT2D eigenvalue weighted by Gasteiger charge is -1.93. The second kappa shape index (κ2) is 6.22. The molecule has 0 unspecified atom stereocenters. The topological polar surface area (TPSA) is 34.1 Å². The molecule has 1 rings (SSSR count). The third kappa shape index (κ3) is 5.39. The monoisotopic (exact) mass is 210 g/mol. The molecule has 1 aromatic rings. The van der Waals surface area contributed by atoms with Crippen LogP contribution in [-0.4, -0.2) is 14.7 Å². The molecule has 2 nitrogen and oxygen atoms in total. The van der Waals surface area contributed by atoms with Crippen LogP contribution in [0.2, 0.25) is 0 Å². The Morgan fingerprint density at radius 3 is 1.64 bits per heavy atom. The quantitative estimate of drug-likeness (QED) is 0.665. The van der Waals surface area contributed by atoms with Gasteiger partial charge >= 0.3 is 0 Å². The summed E-state index contributed by atoms with van der Waals surface area (Å²) < 4.78 is 21.7. The van der Waals surface area contributed by atoms with Crippen LogP contribution in [0.3, 0.4) is 0 Å². The van der Waals surface area contributed by atoms with E-state index < -0.39 is 9.84 Å². The predicted molar refractivity (Wildman–Crippen MR) is 58.7 cm³/mol. The molecule has 3 heteroatoms. The minimum Gasteiger partial charge on any atom is -0.224 e. The summed E-state index contributed by atoms with van der Waals surface area (Å²) in [5.41, 5.74) is 0. The van der Waals surface area contributed by atoms with Gasteiger partial charge < -0.3 is 0 Å². The van der Waals surface area contributed by atoms with Gasteiger partial charge in [-0.2, -0.15) is 0 Å². The number of hydrogen-bond acceptors (Lipinski definition) is 2. The van der Waals surface area contributed by atoms with E-state index in [0.717, 1.165) is 0 Å². The van der Waals surface area contributed by atoms with Gasteiger partial charge in [0.15, 0.2) is 9.84 Å². The highest BCUT2D eigenvalue weighted by Crippen LogP contribution is 2.05. The lowest BCUT2D eigenvalue weighted by molar-refractivity contribution is 0.602. The summed E-state index contributed by atoms with van der Waals surface area (Å²) in [5, 5.41) is 0. The fourth-order valence-corrected chi connectivity index (χ4v) is 1.32. The van der Waals surface area contributed by atoms with Crippen molar-refractivity contribution in [2.75, 3.05) is 6.26 Å². The molecule has 0 aliphatic rings. The van der Waals surface area contributed by atoms with E-state index in [-0.39, 0.29) is 0 Å². The highest BCUT2D eigenvalue weighted by molar-refractivity contribution is 7.90. The first-order valence-corrected chi connectivity index (χ1v) is 6.00. The van der Waals surface area contributed by atoms with Crippen molar-refractivity contribution in [1.82, 2.24) is 0 Å². The lowest BCUT2D eigenvalue weighted by Crippen LogP contribution is -1.95. The van der Waals surface area contributed by atoms with Crippen LogP contribution in [0, 0.1) is 11.8 Å². The lowest BCUT2D eigenvalue weighted by atomic mass is 10.4. The van der Waals surface area contributed by atoms with Gasteiger partial charge in [-0.3, -0.25) is 0 Å². The molecule has 0 aromatic heterocycles. The molecule has 0 bridgehead atoms. The molecule has 0 aliphatic heterocycles. The molecule has 0 saturated carbocycles. The summed E-state index contributed by atoms with van der Waals surface area (Å²) in [4.78, 5) is 0.370. The minimum absolute atomic E-state index is 0.370. The first-order chi connectivity index (χ1) is 6.52. The molecule has 0 atom stereocenters. The molecule has 0 fully saturated rings. The van der Waals surface area contributed by atoms with Crippen LogP contribution in [0.15, 0.2) is 35.2 Å². The second-order valence-corrected chi connectivity index (χ2v) is 4.60. The maximum Gasteiger partial charge on any atom is 0.175 e. The molecule has 0 heterocycles. The van der Waals surface area contributed by atoms with Crippen molar-refractivity contribution < 1.29 is 8.42 Å². The minimum atomic E-state index is -3.00. The van der Waals surface area contributed by atoms with E-state index >= 15 is 0 Å². The molecule has 0 radical (unpaired) electrons. The molecule has 14 heavy (non-hydrogen) atoms. The molecule has 0 aliphatic carbocycles. The second-order valence-electron chi connectivity index (χ2n) is 2.59. The maximum atomic E-state index is 10.8. The van der Waals surface area contributed by atoms with Crippen molar-refractivity contribution >= 4 is 9.84 Å². The van der Waals surface area contributed by atoms with Gasteiger partial charge in [0.1, 0.15) is 0 Å². The van der Waals surface area contributed by atoms with Gasteiger partial charge in [-0.05, 0) is 26.0 Å². The summed E-state index contributed by atoms with van der Waals surface area (Å²) in [6.07, 6.45) is 1.20. The van der Waals surface area contributed by atoms with E-state index in [0.29, 0.717) is 4.90 Å². The maximum absolute atomic E-state index is 10.8. The predicted octanol–water partition coefficient (Wildman–Crippen LogP) is 2.12. The number of benzene rings is 1. The Labute approximate surface area is 85.9 Å². The normalized spacial score (nSPS) is 9.07. The smallest absolute Gasteiger partial charge is 0.175 e. The van der Waals surface area contributed by atoms with Crippen LogP contribution >= 0.6 is 0 Å². The Hall–Kier alpha value is -1.27. The summed E-state index contributed by atoms with van der Waals surface area (Å²) in [6.45, 7) is 3.64. The molecule has 76 valence electrons. The van der Waals surface area contributed by atoms with E-state index in [9.17, 15) is 8.42 Å². The van der Waals surface area contributed by atoms with Crippen molar-refractivity contribution in [2.24, 2.45) is 0 Å². The highest BCUT2D eigenvalue weighted by atomic mass is 32.2. The molecule has 0 spiro atoms. The average molecular weight is 210 g/mol. The van der Waals surface area contributed by atoms with E-state index in [4.69, 9.17) is 0 Å². The average Bonchev–Trinajstić information content (AvgIpc) is 2.18. The van der Waals surface area contributed by atoms with Gasteiger partial charge in [0.25, 0.3) is 0 Å². The standard InChI is InChI=1S/C7H8O2S.C4H6/c1-10(8,9)7-5-3-2-4-6-7;1-3-4-2/h2-6H,1H3;1-2H3. The Bertz CT molecular complexity index is 402. The van der Waals surface area contributed by atoms with E-state index in [1.54, 1.807) is 30.3 Å². The number of rotatable bonds is 1. The van der Waals surface area contributed by atoms with E-state index in [1.165, 1.54) is 6.26 Å². The van der Waals surface area contributed by atoms with Gasteiger partial charge in [0.05, 0.1) is 4.90 Å². The van der Waals surface area contributed by atoms with Crippen LogP contribution in [0.4, 0.5) is 0 Å². The SMILES string of the molecule is CC#CC.CS(=O)(=O)c1ccccc1. The van der Waals surface area contributed by atoms with Crippen LogP contribution in [0.25, 0.3) is 0 Å². The fraction of sp³-hybridized carbons (Fsp3) is 0.273. The van der Waals surface area contributed by atoms with Crippen LogP contribution in [0.5, 0.6) is 0 Å². The van der Waals surface area contributed by atoms with Crippen molar-refractivity contribution in [3.8, 4) is 11.8 Å². The Morgan fingerprint density at radius 1 is 1.00 bits per heavy atom. The van der Waals surface area contributed by atoms with Gasteiger partial charge in [-0.1, -0.05) is 18.2 Å². The molecule has 0 amide bonds. The highest BCUT2D eigenvalue weighted by Gasteiger charge is 2.02. The largest absolute Gasteiger partial charge is 0.224 e. The Kier molecular flexibility index (Phi) is 5.66. The van der Waals surface area contributed by atoms with Crippen LogP contribution in [-0.2, 0) is 9.84 Å². The molecule has 0 saturated heterocycles. The third-order valence-corrected chi connectivity index (χ3v) is 2.55. The zero-order valence-corrected chi connectivity index (χ0v) is 9.43. The zero-order chi connectivity index (χ0) is 11.0. The molecule has 0 N–H and O–H groups in total. The van der Waals surface area contributed by atoms with E-state index in [1.807, 2.05) is 13.8 Å². The van der Waals surface area contributed by atoms with Gasteiger partial charge in [0, 0.05) is 6.26 Å². The van der Waals surface area contributed by atoms with Gasteiger partial charge in [0.2, 0.25) is 0 Å². The summed E-state index contributed by atoms with van der Waals surface area (Å²) in [6, 6.07) is 8.35. The van der Waals surface area contributed by atoms with Crippen molar-refractivity contribution in [2.45, 2.75) is 18.7 Å². The fourth-order valence-electron chi connectivity index (χ4n) is 0.668. The number of hydrogen-bond donors (Lipinski definition) is 0. The van der Waals surface area contributed by atoms with Crippen molar-refractivity contribution in [3.63, 3.8) is 0 Å². The Morgan fingerprint density at radius 2 is 1.43 bits per heavy atom. The zero-order valence-electron chi connectivity index (χ0n) is 8.61. The van der Waals surface area contributed by atoms with Crippen LogP contribution in [0.1, 0.15) is 13.8 Å². The van der Waals surface area contributed by atoms with Crippen LogP contribution < -0.4 is 0 Å². The summed E-state index contributed by atoms with van der Waals surface area (Å²) >= 11 is 0.